The summed E-state index contributed by atoms with van der Waals surface area (Å²) in [4.78, 5) is 0. The molecule has 0 aromatic heterocycles. The quantitative estimate of drug-likeness (QED) is 0.653. The fraction of sp³-hybridized carbons (Fsp3) is 0.222. The van der Waals surface area contributed by atoms with E-state index < -0.39 is 0 Å². The third kappa shape index (κ3) is 2.19. The summed E-state index contributed by atoms with van der Waals surface area (Å²) in [7, 11) is 0. The number of aliphatic hydroxyl groups is 1. The molecule has 0 spiro atoms. The molecule has 1 aromatic rings. The first-order valence-electron chi connectivity index (χ1n) is 3.37. The van der Waals surface area contributed by atoms with E-state index in [1.165, 1.54) is 0 Å². The van der Waals surface area contributed by atoms with Gasteiger partial charge >= 0.3 is 0 Å². The van der Waals surface area contributed by atoms with Crippen LogP contribution >= 0.6 is 0 Å². The summed E-state index contributed by atoms with van der Waals surface area (Å²) >= 11 is 0. The van der Waals surface area contributed by atoms with Crippen molar-refractivity contribution in [2.75, 3.05) is 0 Å². The number of benzene rings is 1. The van der Waals surface area contributed by atoms with Gasteiger partial charge in [-0.1, -0.05) is 30.3 Å². The van der Waals surface area contributed by atoms with Crippen LogP contribution in [0.5, 0.6) is 0 Å². The molecule has 1 nitrogen and oxygen atoms in total. The number of rotatable bonds is 2. The third-order valence-corrected chi connectivity index (χ3v) is 1.23. The predicted octanol–water partition coefficient (Wildman–Crippen LogP) is 1.62. The minimum absolute atomic E-state index is 0.359. The van der Waals surface area contributed by atoms with Gasteiger partial charge in [-0.05, 0) is 12.5 Å². The molecule has 1 unspecified atom stereocenters. The van der Waals surface area contributed by atoms with Crippen LogP contribution in [0.25, 0.3) is 0 Å². The molecule has 0 fully saturated rings. The maximum atomic E-state index is 8.95. The molecular formula is C9H11O. The fourth-order valence-electron chi connectivity index (χ4n) is 0.843. The lowest BCUT2D eigenvalue weighted by molar-refractivity contribution is 0.231. The Hall–Kier alpha value is -0.820. The van der Waals surface area contributed by atoms with Crippen molar-refractivity contribution >= 4 is 0 Å². The van der Waals surface area contributed by atoms with Crippen LogP contribution in [0.2, 0.25) is 0 Å². The summed E-state index contributed by atoms with van der Waals surface area (Å²) < 4.78 is 0. The van der Waals surface area contributed by atoms with Gasteiger partial charge in [-0.3, -0.25) is 0 Å². The van der Waals surface area contributed by atoms with Crippen LogP contribution in [0, 0.1) is 6.42 Å². The van der Waals surface area contributed by atoms with Gasteiger partial charge in [-0.15, -0.1) is 0 Å². The topological polar surface area (TPSA) is 20.2 Å². The molecule has 0 amide bonds. The van der Waals surface area contributed by atoms with Gasteiger partial charge in [0.05, 0.1) is 6.10 Å². The SMILES string of the molecule is CC(O)[CH]c1ccccc1. The Morgan fingerprint density at radius 1 is 1.30 bits per heavy atom. The van der Waals surface area contributed by atoms with Crippen molar-refractivity contribution in [1.82, 2.24) is 0 Å². The van der Waals surface area contributed by atoms with Crippen molar-refractivity contribution in [3.63, 3.8) is 0 Å². The molecule has 0 saturated heterocycles. The van der Waals surface area contributed by atoms with Gasteiger partial charge in [-0.2, -0.15) is 0 Å². The average Bonchev–Trinajstić information content (AvgIpc) is 1.88. The van der Waals surface area contributed by atoms with Crippen LogP contribution in [-0.2, 0) is 0 Å². The number of hydrogen-bond donors (Lipinski definition) is 1. The molecule has 0 heterocycles. The second-order valence-electron chi connectivity index (χ2n) is 2.32. The van der Waals surface area contributed by atoms with E-state index in [0.717, 1.165) is 5.56 Å². The Kier molecular flexibility index (Phi) is 2.46. The minimum Gasteiger partial charge on any atom is -0.393 e. The zero-order chi connectivity index (χ0) is 7.40. The van der Waals surface area contributed by atoms with Gasteiger partial charge in [-0.25, -0.2) is 0 Å². The van der Waals surface area contributed by atoms with E-state index in [0.29, 0.717) is 0 Å². The lowest BCUT2D eigenvalue weighted by atomic mass is 10.1. The number of hydrogen-bond acceptors (Lipinski definition) is 1. The van der Waals surface area contributed by atoms with E-state index >= 15 is 0 Å². The van der Waals surface area contributed by atoms with Crippen LogP contribution in [0.15, 0.2) is 30.3 Å². The molecule has 0 bridgehead atoms. The minimum atomic E-state index is -0.359. The molecule has 0 aliphatic heterocycles. The molecule has 1 N–H and O–H groups in total. The molecule has 1 radical (unpaired) electrons. The van der Waals surface area contributed by atoms with Crippen molar-refractivity contribution in [3.05, 3.63) is 42.3 Å². The molecule has 10 heavy (non-hydrogen) atoms. The van der Waals surface area contributed by atoms with Crippen molar-refractivity contribution in [3.8, 4) is 0 Å². The molecule has 1 aromatic carbocycles. The lowest BCUT2D eigenvalue weighted by Gasteiger charge is -2.01. The van der Waals surface area contributed by atoms with E-state index in [9.17, 15) is 0 Å². The van der Waals surface area contributed by atoms with Crippen molar-refractivity contribution < 1.29 is 5.11 Å². The maximum absolute atomic E-state index is 8.95. The highest BCUT2D eigenvalue weighted by Gasteiger charge is 1.96. The Morgan fingerprint density at radius 3 is 2.40 bits per heavy atom. The molecule has 0 aliphatic carbocycles. The Bertz CT molecular complexity index is 179. The van der Waals surface area contributed by atoms with E-state index in [4.69, 9.17) is 5.11 Å². The summed E-state index contributed by atoms with van der Waals surface area (Å²) in [6.45, 7) is 1.74. The third-order valence-electron chi connectivity index (χ3n) is 1.23. The molecule has 53 valence electrons. The second-order valence-corrected chi connectivity index (χ2v) is 2.32. The molecular weight excluding hydrogens is 124 g/mol. The summed E-state index contributed by atoms with van der Waals surface area (Å²) in [5.74, 6) is 0. The first-order chi connectivity index (χ1) is 4.79. The summed E-state index contributed by atoms with van der Waals surface area (Å²) in [6, 6.07) is 9.79. The maximum Gasteiger partial charge on any atom is 0.0587 e. The highest BCUT2D eigenvalue weighted by Crippen LogP contribution is 2.03. The zero-order valence-electron chi connectivity index (χ0n) is 5.99. The summed E-state index contributed by atoms with van der Waals surface area (Å²) in [5.41, 5.74) is 1.07. The normalized spacial score (nSPS) is 13.0. The van der Waals surface area contributed by atoms with Gasteiger partial charge in [0.2, 0.25) is 0 Å². The second kappa shape index (κ2) is 3.37. The molecule has 1 rings (SSSR count). The predicted molar refractivity (Wildman–Crippen MR) is 41.5 cm³/mol. The smallest absolute Gasteiger partial charge is 0.0587 e. The molecule has 0 aliphatic rings. The van der Waals surface area contributed by atoms with Crippen LogP contribution in [0.4, 0.5) is 0 Å². The first-order valence-corrected chi connectivity index (χ1v) is 3.37. The molecule has 1 heteroatoms. The van der Waals surface area contributed by atoms with E-state index in [2.05, 4.69) is 0 Å². The first kappa shape index (κ1) is 7.29. The lowest BCUT2D eigenvalue weighted by Crippen LogP contribution is -2.00. The highest BCUT2D eigenvalue weighted by atomic mass is 16.3. The van der Waals surface area contributed by atoms with Crippen molar-refractivity contribution in [2.45, 2.75) is 13.0 Å². The molecule has 1 atom stereocenters. The molecule has 0 saturated carbocycles. The Balaban J connectivity index is 2.59. The monoisotopic (exact) mass is 135 g/mol. The number of aliphatic hydroxyl groups excluding tert-OH is 1. The van der Waals surface area contributed by atoms with Crippen LogP contribution < -0.4 is 0 Å². The average molecular weight is 135 g/mol. The van der Waals surface area contributed by atoms with Gasteiger partial charge in [0.15, 0.2) is 0 Å². The van der Waals surface area contributed by atoms with E-state index in [1.54, 1.807) is 13.3 Å². The standard InChI is InChI=1S/C9H11O/c1-8(10)7-9-5-3-2-4-6-9/h2-8,10H,1H3. The Morgan fingerprint density at radius 2 is 1.90 bits per heavy atom. The van der Waals surface area contributed by atoms with Crippen molar-refractivity contribution in [1.29, 1.82) is 0 Å². The largest absolute Gasteiger partial charge is 0.393 e. The zero-order valence-corrected chi connectivity index (χ0v) is 5.99. The van der Waals surface area contributed by atoms with Crippen LogP contribution in [-0.4, -0.2) is 11.2 Å². The van der Waals surface area contributed by atoms with Crippen LogP contribution in [0.1, 0.15) is 12.5 Å². The fourth-order valence-corrected chi connectivity index (χ4v) is 0.843. The summed E-state index contributed by atoms with van der Waals surface area (Å²) in [5, 5.41) is 8.95. The van der Waals surface area contributed by atoms with E-state index in [1.807, 2.05) is 30.3 Å². The Labute approximate surface area is 61.3 Å². The van der Waals surface area contributed by atoms with Gasteiger partial charge in [0, 0.05) is 6.42 Å². The van der Waals surface area contributed by atoms with Gasteiger partial charge < -0.3 is 5.11 Å². The van der Waals surface area contributed by atoms with Crippen LogP contribution in [0.3, 0.4) is 0 Å². The highest BCUT2D eigenvalue weighted by molar-refractivity contribution is 5.23. The van der Waals surface area contributed by atoms with Gasteiger partial charge in [0.1, 0.15) is 0 Å². The van der Waals surface area contributed by atoms with E-state index in [-0.39, 0.29) is 6.10 Å². The summed E-state index contributed by atoms with van der Waals surface area (Å²) in [6.07, 6.45) is 1.45. The van der Waals surface area contributed by atoms with Crippen molar-refractivity contribution in [2.24, 2.45) is 0 Å². The van der Waals surface area contributed by atoms with Gasteiger partial charge in [0.25, 0.3) is 0 Å².